The van der Waals surface area contributed by atoms with Gasteiger partial charge in [0.15, 0.2) is 5.11 Å². The number of aryl methyl sites for hydroxylation is 2. The lowest BCUT2D eigenvalue weighted by Gasteiger charge is -2.26. The molecule has 0 bridgehead atoms. The van der Waals surface area contributed by atoms with Crippen LogP contribution in [0.4, 0.5) is 5.69 Å². The second-order valence-electron chi connectivity index (χ2n) is 6.41. The molecule has 0 unspecified atom stereocenters. The Kier molecular flexibility index (Phi) is 5.97. The molecule has 1 heterocycles. The van der Waals surface area contributed by atoms with Crippen molar-refractivity contribution >= 4 is 23.0 Å². The minimum atomic E-state index is 0.659. The van der Waals surface area contributed by atoms with Gasteiger partial charge in [-0.25, -0.2) is 0 Å². The summed E-state index contributed by atoms with van der Waals surface area (Å²) in [6, 6.07) is 22.7. The Morgan fingerprint density at radius 1 is 0.923 bits per heavy atom. The molecule has 0 aliphatic heterocycles. The van der Waals surface area contributed by atoms with Crippen LogP contribution >= 0.6 is 12.2 Å². The molecule has 0 fully saturated rings. The van der Waals surface area contributed by atoms with Gasteiger partial charge in [0.1, 0.15) is 0 Å². The number of hydrogen-bond acceptors (Lipinski definition) is 2. The Balaban J connectivity index is 1.80. The van der Waals surface area contributed by atoms with Gasteiger partial charge in [0, 0.05) is 18.4 Å². The molecule has 0 atom stereocenters. The third-order valence-corrected chi connectivity index (χ3v) is 4.61. The number of aromatic nitrogens is 1. The van der Waals surface area contributed by atoms with E-state index in [1.54, 1.807) is 0 Å². The molecule has 0 saturated heterocycles. The molecule has 0 radical (unpaired) electrons. The molecule has 4 heteroatoms. The predicted octanol–water partition coefficient (Wildman–Crippen LogP) is 5.10. The van der Waals surface area contributed by atoms with Gasteiger partial charge in [-0.05, 0) is 55.4 Å². The van der Waals surface area contributed by atoms with Crippen LogP contribution < -0.4 is 5.32 Å². The van der Waals surface area contributed by atoms with Crippen LogP contribution in [-0.2, 0) is 13.1 Å². The molecule has 0 aliphatic carbocycles. The van der Waals surface area contributed by atoms with E-state index in [4.69, 9.17) is 12.2 Å². The number of pyridine rings is 1. The molecule has 0 amide bonds. The largest absolute Gasteiger partial charge is 0.339 e. The lowest BCUT2D eigenvalue weighted by molar-refractivity contribution is 0.407. The van der Waals surface area contributed by atoms with Crippen LogP contribution in [0.5, 0.6) is 0 Å². The van der Waals surface area contributed by atoms with Crippen molar-refractivity contribution in [2.45, 2.75) is 26.9 Å². The van der Waals surface area contributed by atoms with E-state index in [-0.39, 0.29) is 0 Å². The van der Waals surface area contributed by atoms with E-state index < -0.39 is 0 Å². The highest BCUT2D eigenvalue weighted by molar-refractivity contribution is 7.80. The summed E-state index contributed by atoms with van der Waals surface area (Å²) in [5, 5.41) is 4.09. The maximum absolute atomic E-state index is 5.73. The quantitative estimate of drug-likeness (QED) is 0.640. The molecule has 3 aromatic rings. The molecule has 3 rings (SSSR count). The van der Waals surface area contributed by atoms with E-state index in [0.29, 0.717) is 11.7 Å². The summed E-state index contributed by atoms with van der Waals surface area (Å²) >= 11 is 5.73. The molecule has 0 aliphatic rings. The lowest BCUT2D eigenvalue weighted by atomic mass is 10.1. The van der Waals surface area contributed by atoms with E-state index in [1.165, 1.54) is 16.7 Å². The molecule has 3 nitrogen and oxygen atoms in total. The summed E-state index contributed by atoms with van der Waals surface area (Å²) < 4.78 is 0. The zero-order chi connectivity index (χ0) is 18.4. The van der Waals surface area contributed by atoms with E-state index in [1.807, 2.05) is 42.6 Å². The summed E-state index contributed by atoms with van der Waals surface area (Å²) in [5.41, 5.74) is 5.68. The first-order valence-corrected chi connectivity index (χ1v) is 9.09. The third-order valence-electron chi connectivity index (χ3n) is 4.25. The summed E-state index contributed by atoms with van der Waals surface area (Å²) in [6.07, 6.45) is 1.82. The van der Waals surface area contributed by atoms with Crippen LogP contribution in [0, 0.1) is 13.8 Å². The van der Waals surface area contributed by atoms with Crippen molar-refractivity contribution in [1.29, 1.82) is 0 Å². The minimum absolute atomic E-state index is 0.659. The molecule has 2 aromatic carbocycles. The van der Waals surface area contributed by atoms with E-state index in [0.717, 1.165) is 17.9 Å². The van der Waals surface area contributed by atoms with Crippen molar-refractivity contribution in [3.63, 3.8) is 0 Å². The smallest absolute Gasteiger partial charge is 0.174 e. The van der Waals surface area contributed by atoms with Gasteiger partial charge in [-0.3, -0.25) is 4.98 Å². The molecule has 0 saturated carbocycles. The van der Waals surface area contributed by atoms with Crippen molar-refractivity contribution in [1.82, 2.24) is 9.88 Å². The number of benzene rings is 2. The molecular weight excluding hydrogens is 338 g/mol. The maximum Gasteiger partial charge on any atom is 0.174 e. The molecule has 26 heavy (non-hydrogen) atoms. The highest BCUT2D eigenvalue weighted by Gasteiger charge is 2.13. The Morgan fingerprint density at radius 3 is 2.35 bits per heavy atom. The fourth-order valence-corrected chi connectivity index (χ4v) is 2.95. The standard InChI is InChI=1S/C22H23N3S/c1-17-10-12-19(13-11-17)15-25(16-20-8-5-6-14-23-20)22(26)24-21-9-4-3-7-18(21)2/h3-14H,15-16H2,1-2H3,(H,24,26). The number of hydrogen-bond donors (Lipinski definition) is 1. The molecular formula is C22H23N3S. The van der Waals surface area contributed by atoms with Crippen LogP contribution in [0.2, 0.25) is 0 Å². The van der Waals surface area contributed by atoms with Crippen molar-refractivity contribution in [2.24, 2.45) is 0 Å². The second kappa shape index (κ2) is 8.59. The first-order chi connectivity index (χ1) is 12.6. The fraction of sp³-hybridized carbons (Fsp3) is 0.182. The van der Waals surface area contributed by atoms with Crippen LogP contribution in [0.25, 0.3) is 0 Å². The Labute approximate surface area is 160 Å². The van der Waals surface area contributed by atoms with Gasteiger partial charge in [-0.2, -0.15) is 0 Å². The van der Waals surface area contributed by atoms with Crippen LogP contribution in [0.3, 0.4) is 0 Å². The van der Waals surface area contributed by atoms with Crippen molar-refractivity contribution in [3.8, 4) is 0 Å². The first kappa shape index (κ1) is 18.1. The van der Waals surface area contributed by atoms with Crippen LogP contribution in [-0.4, -0.2) is 15.0 Å². The molecule has 1 N–H and O–H groups in total. The van der Waals surface area contributed by atoms with E-state index >= 15 is 0 Å². The third kappa shape index (κ3) is 4.90. The lowest BCUT2D eigenvalue weighted by Crippen LogP contribution is -2.34. The normalized spacial score (nSPS) is 10.4. The molecule has 1 aromatic heterocycles. The number of thiocarbonyl (C=S) groups is 1. The van der Waals surface area contributed by atoms with Gasteiger partial charge >= 0.3 is 0 Å². The average Bonchev–Trinajstić information content (AvgIpc) is 2.65. The maximum atomic E-state index is 5.73. The van der Waals surface area contributed by atoms with Crippen molar-refractivity contribution < 1.29 is 0 Å². The zero-order valence-corrected chi connectivity index (χ0v) is 16.0. The van der Waals surface area contributed by atoms with Crippen molar-refractivity contribution in [3.05, 3.63) is 95.3 Å². The first-order valence-electron chi connectivity index (χ1n) is 8.69. The average molecular weight is 362 g/mol. The predicted molar refractivity (Wildman–Crippen MR) is 112 cm³/mol. The second-order valence-corrected chi connectivity index (χ2v) is 6.79. The SMILES string of the molecule is Cc1ccc(CN(Cc2ccccn2)C(=S)Nc2ccccc2C)cc1. The monoisotopic (exact) mass is 361 g/mol. The number of rotatable bonds is 5. The Hall–Kier alpha value is -2.72. The van der Waals surface area contributed by atoms with Gasteiger partial charge < -0.3 is 10.2 Å². The number of nitrogens with one attached hydrogen (secondary N) is 1. The highest BCUT2D eigenvalue weighted by atomic mass is 32.1. The van der Waals surface area contributed by atoms with E-state index in [9.17, 15) is 0 Å². The molecule has 132 valence electrons. The minimum Gasteiger partial charge on any atom is -0.339 e. The molecule has 0 spiro atoms. The van der Waals surface area contributed by atoms with Gasteiger partial charge in [0.2, 0.25) is 0 Å². The number of anilines is 1. The van der Waals surface area contributed by atoms with Crippen LogP contribution in [0.15, 0.2) is 72.9 Å². The summed E-state index contributed by atoms with van der Waals surface area (Å²) in [6.45, 7) is 5.56. The van der Waals surface area contributed by atoms with Crippen molar-refractivity contribution in [2.75, 3.05) is 5.32 Å². The van der Waals surface area contributed by atoms with Crippen LogP contribution in [0.1, 0.15) is 22.4 Å². The number of nitrogens with zero attached hydrogens (tertiary/aromatic N) is 2. The Bertz CT molecular complexity index is 860. The summed E-state index contributed by atoms with van der Waals surface area (Å²) in [7, 11) is 0. The van der Waals surface area contributed by atoms with Gasteiger partial charge in [0.25, 0.3) is 0 Å². The zero-order valence-electron chi connectivity index (χ0n) is 15.1. The number of para-hydroxylation sites is 1. The Morgan fingerprint density at radius 2 is 1.65 bits per heavy atom. The highest BCUT2D eigenvalue weighted by Crippen LogP contribution is 2.16. The summed E-state index contributed by atoms with van der Waals surface area (Å²) in [4.78, 5) is 6.60. The topological polar surface area (TPSA) is 28.2 Å². The van der Waals surface area contributed by atoms with Gasteiger partial charge in [-0.15, -0.1) is 0 Å². The van der Waals surface area contributed by atoms with E-state index in [2.05, 4.69) is 59.4 Å². The van der Waals surface area contributed by atoms with Gasteiger partial charge in [-0.1, -0.05) is 54.1 Å². The van der Waals surface area contributed by atoms with Gasteiger partial charge in [0.05, 0.1) is 12.2 Å². The fourth-order valence-electron chi connectivity index (χ4n) is 2.71. The summed E-state index contributed by atoms with van der Waals surface area (Å²) in [5.74, 6) is 0.